The van der Waals surface area contributed by atoms with E-state index in [4.69, 9.17) is 0 Å². The molecule has 0 aliphatic rings. The van der Waals surface area contributed by atoms with Crippen LogP contribution >= 0.6 is 31.9 Å². The minimum absolute atomic E-state index is 0.149. The number of hydrogen-bond donors (Lipinski definition) is 1. The van der Waals surface area contributed by atoms with Crippen molar-refractivity contribution in [1.82, 2.24) is 5.32 Å². The highest BCUT2D eigenvalue weighted by Gasteiger charge is 2.13. The van der Waals surface area contributed by atoms with Crippen LogP contribution in [0.4, 0.5) is 4.39 Å². The van der Waals surface area contributed by atoms with Crippen LogP contribution in [0.3, 0.4) is 0 Å². The van der Waals surface area contributed by atoms with Gasteiger partial charge in [-0.05, 0) is 48.9 Å². The van der Waals surface area contributed by atoms with E-state index in [0.717, 1.165) is 20.9 Å². The zero-order valence-electron chi connectivity index (χ0n) is 10.5. The number of rotatable bonds is 4. The summed E-state index contributed by atoms with van der Waals surface area (Å²) in [6, 6.07) is 13.2. The molecule has 2 aromatic carbocycles. The third-order valence-corrected chi connectivity index (χ3v) is 4.25. The predicted octanol–water partition coefficient (Wildman–Crippen LogP) is 4.85. The Hall–Kier alpha value is -0.710. The van der Waals surface area contributed by atoms with E-state index < -0.39 is 0 Å². The number of halogens is 3. The van der Waals surface area contributed by atoms with Gasteiger partial charge in [-0.3, -0.25) is 0 Å². The van der Waals surface area contributed by atoms with Crippen molar-refractivity contribution in [2.75, 3.05) is 7.05 Å². The second-order valence-corrected chi connectivity index (χ2v) is 6.11. The first-order chi connectivity index (χ1) is 9.10. The molecule has 2 rings (SSSR count). The molecule has 0 saturated heterocycles. The molecule has 0 aliphatic heterocycles. The summed E-state index contributed by atoms with van der Waals surface area (Å²) in [7, 11) is 1.92. The summed E-state index contributed by atoms with van der Waals surface area (Å²) in [5, 5.41) is 3.28. The van der Waals surface area contributed by atoms with E-state index in [-0.39, 0.29) is 11.9 Å². The lowest BCUT2D eigenvalue weighted by Crippen LogP contribution is -2.19. The summed E-state index contributed by atoms with van der Waals surface area (Å²) in [5.41, 5.74) is 2.30. The number of hydrogen-bond acceptors (Lipinski definition) is 1. The molecule has 0 amide bonds. The molecule has 1 nitrogen and oxygen atoms in total. The molecule has 1 unspecified atom stereocenters. The zero-order chi connectivity index (χ0) is 13.8. The van der Waals surface area contributed by atoms with Crippen LogP contribution in [0.1, 0.15) is 17.2 Å². The number of benzene rings is 2. The first kappa shape index (κ1) is 14.7. The topological polar surface area (TPSA) is 12.0 Å². The van der Waals surface area contributed by atoms with Crippen molar-refractivity contribution in [3.8, 4) is 0 Å². The highest BCUT2D eigenvalue weighted by atomic mass is 79.9. The summed E-state index contributed by atoms with van der Waals surface area (Å²) in [5.74, 6) is -0.228. The summed E-state index contributed by atoms with van der Waals surface area (Å²) in [6.07, 6.45) is 0.855. The van der Waals surface area contributed by atoms with E-state index in [9.17, 15) is 4.39 Å². The maximum Gasteiger partial charge on any atom is 0.124 e. The molecule has 0 bridgehead atoms. The van der Waals surface area contributed by atoms with Gasteiger partial charge in [0.05, 0.1) is 0 Å². The normalized spacial score (nSPS) is 12.4. The highest BCUT2D eigenvalue weighted by molar-refractivity contribution is 9.10. The summed E-state index contributed by atoms with van der Waals surface area (Å²) in [4.78, 5) is 0. The predicted molar refractivity (Wildman–Crippen MR) is 83.7 cm³/mol. The SMILES string of the molecule is CNC(Cc1ccc(Br)cc1)c1ccc(F)cc1Br. The smallest absolute Gasteiger partial charge is 0.124 e. The molecule has 0 fully saturated rings. The maximum absolute atomic E-state index is 13.1. The van der Waals surface area contributed by atoms with Gasteiger partial charge in [0, 0.05) is 15.0 Å². The summed E-state index contributed by atoms with van der Waals surface area (Å²) < 4.78 is 15.0. The molecule has 0 saturated carbocycles. The van der Waals surface area contributed by atoms with Crippen LogP contribution in [-0.4, -0.2) is 7.05 Å². The third kappa shape index (κ3) is 3.88. The standard InChI is InChI=1S/C15H14Br2FN/c1-19-15(8-10-2-4-11(16)5-3-10)13-7-6-12(18)9-14(13)17/h2-7,9,15,19H,8H2,1H3. The van der Waals surface area contributed by atoms with Gasteiger partial charge in [0.2, 0.25) is 0 Å². The molecule has 100 valence electrons. The van der Waals surface area contributed by atoms with Crippen molar-refractivity contribution < 1.29 is 4.39 Å². The lowest BCUT2D eigenvalue weighted by atomic mass is 9.99. The van der Waals surface area contributed by atoms with E-state index in [2.05, 4.69) is 49.3 Å². The molecule has 0 spiro atoms. The first-order valence-corrected chi connectivity index (χ1v) is 7.55. The van der Waals surface area contributed by atoms with Crippen molar-refractivity contribution in [3.63, 3.8) is 0 Å². The average Bonchev–Trinajstić information content (AvgIpc) is 2.39. The molecule has 0 radical (unpaired) electrons. The van der Waals surface area contributed by atoms with Gasteiger partial charge >= 0.3 is 0 Å². The van der Waals surface area contributed by atoms with Crippen LogP contribution in [-0.2, 0) is 6.42 Å². The van der Waals surface area contributed by atoms with Gasteiger partial charge in [0.15, 0.2) is 0 Å². The van der Waals surface area contributed by atoms with Gasteiger partial charge in [-0.1, -0.05) is 50.1 Å². The monoisotopic (exact) mass is 385 g/mol. The maximum atomic E-state index is 13.1. The van der Waals surface area contributed by atoms with Crippen LogP contribution in [0, 0.1) is 5.82 Å². The lowest BCUT2D eigenvalue weighted by molar-refractivity contribution is 0.583. The fourth-order valence-corrected chi connectivity index (χ4v) is 2.90. The van der Waals surface area contributed by atoms with Crippen molar-refractivity contribution in [2.45, 2.75) is 12.5 Å². The van der Waals surface area contributed by atoms with Crippen LogP contribution in [0.15, 0.2) is 51.4 Å². The van der Waals surface area contributed by atoms with E-state index in [1.807, 2.05) is 25.2 Å². The molecule has 0 heterocycles. The van der Waals surface area contributed by atoms with Crippen molar-refractivity contribution in [2.24, 2.45) is 0 Å². The van der Waals surface area contributed by atoms with Crippen LogP contribution in [0.25, 0.3) is 0 Å². The van der Waals surface area contributed by atoms with Gasteiger partial charge in [0.25, 0.3) is 0 Å². The van der Waals surface area contributed by atoms with E-state index >= 15 is 0 Å². The summed E-state index contributed by atoms with van der Waals surface area (Å²) >= 11 is 6.85. The van der Waals surface area contributed by atoms with E-state index in [0.29, 0.717) is 0 Å². The van der Waals surface area contributed by atoms with Crippen molar-refractivity contribution >= 4 is 31.9 Å². The van der Waals surface area contributed by atoms with E-state index in [1.165, 1.54) is 17.7 Å². The van der Waals surface area contributed by atoms with Gasteiger partial charge in [-0.15, -0.1) is 0 Å². The largest absolute Gasteiger partial charge is 0.313 e. The van der Waals surface area contributed by atoms with E-state index in [1.54, 1.807) is 0 Å². The minimum Gasteiger partial charge on any atom is -0.313 e. The fourth-order valence-electron chi connectivity index (χ4n) is 2.01. The highest BCUT2D eigenvalue weighted by Crippen LogP contribution is 2.27. The van der Waals surface area contributed by atoms with Crippen molar-refractivity contribution in [3.05, 3.63) is 68.4 Å². The van der Waals surface area contributed by atoms with Crippen molar-refractivity contribution in [1.29, 1.82) is 0 Å². The average molecular weight is 387 g/mol. The molecule has 1 N–H and O–H groups in total. The fraction of sp³-hybridized carbons (Fsp3) is 0.200. The Kier molecular flexibility index (Phi) is 5.13. The Labute approximate surface area is 129 Å². The Bertz CT molecular complexity index is 555. The number of nitrogens with one attached hydrogen (secondary N) is 1. The third-order valence-electron chi connectivity index (χ3n) is 3.04. The van der Waals surface area contributed by atoms with Crippen LogP contribution in [0.2, 0.25) is 0 Å². The molecule has 0 aromatic heterocycles. The lowest BCUT2D eigenvalue weighted by Gasteiger charge is -2.18. The van der Waals surface area contributed by atoms with Crippen LogP contribution in [0.5, 0.6) is 0 Å². The Morgan fingerprint density at radius 1 is 1.11 bits per heavy atom. The Balaban J connectivity index is 2.22. The second kappa shape index (κ2) is 6.64. The quantitative estimate of drug-likeness (QED) is 0.791. The summed E-state index contributed by atoms with van der Waals surface area (Å²) in [6.45, 7) is 0. The number of likely N-dealkylation sites (N-methyl/N-ethyl adjacent to an activating group) is 1. The van der Waals surface area contributed by atoms with Gasteiger partial charge in [-0.25, -0.2) is 4.39 Å². The molecule has 4 heteroatoms. The van der Waals surface area contributed by atoms with Gasteiger partial charge in [0.1, 0.15) is 5.82 Å². The molecule has 19 heavy (non-hydrogen) atoms. The zero-order valence-corrected chi connectivity index (χ0v) is 13.6. The first-order valence-electron chi connectivity index (χ1n) is 5.97. The molecular formula is C15H14Br2FN. The van der Waals surface area contributed by atoms with Gasteiger partial charge < -0.3 is 5.32 Å². The minimum atomic E-state index is -0.228. The molecular weight excluding hydrogens is 373 g/mol. The molecule has 0 aliphatic carbocycles. The molecule has 2 aromatic rings. The Morgan fingerprint density at radius 2 is 1.79 bits per heavy atom. The van der Waals surface area contributed by atoms with Gasteiger partial charge in [-0.2, -0.15) is 0 Å². The Morgan fingerprint density at radius 3 is 2.37 bits per heavy atom. The van der Waals surface area contributed by atoms with Crippen LogP contribution < -0.4 is 5.32 Å². The molecule has 1 atom stereocenters. The second-order valence-electron chi connectivity index (χ2n) is 4.34.